The van der Waals surface area contributed by atoms with Crippen LogP contribution in [0.25, 0.3) is 0 Å². The second-order valence-electron chi connectivity index (χ2n) is 10.3. The van der Waals surface area contributed by atoms with Crippen molar-refractivity contribution in [3.8, 4) is 11.5 Å². The molecule has 0 atom stereocenters. The van der Waals surface area contributed by atoms with E-state index in [-0.39, 0.29) is 18.7 Å². The highest BCUT2D eigenvalue weighted by Gasteiger charge is 2.25. The smallest absolute Gasteiger partial charge is 0.407 e. The van der Waals surface area contributed by atoms with Crippen molar-refractivity contribution in [3.05, 3.63) is 102 Å². The molecule has 2 heterocycles. The first-order valence-electron chi connectivity index (χ1n) is 13.9. The highest BCUT2D eigenvalue weighted by Crippen LogP contribution is 2.39. The molecule has 0 aliphatic carbocycles. The molecule has 1 saturated heterocycles. The van der Waals surface area contributed by atoms with Crippen LogP contribution in [0, 0.1) is 0 Å². The Labute approximate surface area is 240 Å². The summed E-state index contributed by atoms with van der Waals surface area (Å²) in [7, 11) is 0. The normalized spacial score (nSPS) is 14.6. The molecule has 2 N–H and O–H groups in total. The van der Waals surface area contributed by atoms with Gasteiger partial charge in [0.05, 0.1) is 5.69 Å². The van der Waals surface area contributed by atoms with E-state index >= 15 is 0 Å². The molecule has 0 radical (unpaired) electrons. The molecular formula is C32H36N4O5. The Morgan fingerprint density at radius 2 is 1.56 bits per heavy atom. The highest BCUT2D eigenvalue weighted by molar-refractivity contribution is 5.92. The van der Waals surface area contributed by atoms with Gasteiger partial charge in [0.15, 0.2) is 11.5 Å². The molecule has 3 amide bonds. The number of ether oxygens (including phenoxy) is 2. The van der Waals surface area contributed by atoms with Crippen molar-refractivity contribution >= 4 is 17.8 Å². The summed E-state index contributed by atoms with van der Waals surface area (Å²) in [5.41, 5.74) is 3.84. The Balaban J connectivity index is 1.31. The Morgan fingerprint density at radius 3 is 2.20 bits per heavy atom. The number of carbonyl (C=O) groups is 2. The van der Waals surface area contributed by atoms with E-state index in [1.165, 1.54) is 16.0 Å². The molecule has 0 aromatic heterocycles. The van der Waals surface area contributed by atoms with Gasteiger partial charge < -0.3 is 29.7 Å². The molecule has 9 heteroatoms. The van der Waals surface area contributed by atoms with Crippen LogP contribution in [0.2, 0.25) is 0 Å². The van der Waals surface area contributed by atoms with Crippen molar-refractivity contribution in [2.45, 2.75) is 12.3 Å². The van der Waals surface area contributed by atoms with Gasteiger partial charge in [0.2, 0.25) is 6.79 Å². The molecule has 3 aromatic carbocycles. The van der Waals surface area contributed by atoms with Crippen LogP contribution in [0.3, 0.4) is 0 Å². The van der Waals surface area contributed by atoms with Crippen molar-refractivity contribution in [2.24, 2.45) is 0 Å². The van der Waals surface area contributed by atoms with E-state index in [1.807, 2.05) is 48.5 Å². The van der Waals surface area contributed by atoms with Gasteiger partial charge in [-0.2, -0.15) is 0 Å². The number of urea groups is 1. The zero-order chi connectivity index (χ0) is 28.6. The van der Waals surface area contributed by atoms with Gasteiger partial charge in [-0.1, -0.05) is 73.3 Å². The van der Waals surface area contributed by atoms with Crippen LogP contribution in [0.1, 0.15) is 23.5 Å². The Morgan fingerprint density at radius 1 is 0.902 bits per heavy atom. The van der Waals surface area contributed by atoms with Crippen molar-refractivity contribution in [1.82, 2.24) is 14.7 Å². The van der Waals surface area contributed by atoms with E-state index in [1.54, 1.807) is 11.0 Å². The second kappa shape index (κ2) is 13.2. The van der Waals surface area contributed by atoms with Crippen molar-refractivity contribution in [1.29, 1.82) is 0 Å². The quantitative estimate of drug-likeness (QED) is 0.328. The maximum Gasteiger partial charge on any atom is 0.407 e. The Kier molecular flexibility index (Phi) is 9.05. The van der Waals surface area contributed by atoms with E-state index in [0.717, 1.165) is 12.0 Å². The standard InChI is InChI=1S/C32H36N4O5/c1-24(21-34-17-19-35(20-18-34)32(38)39)22-36(31(37)33-28-13-8-14-29-30(28)41-23-40-29)16-15-27(25-9-4-2-5-10-25)26-11-6-3-7-12-26/h2-14,27H,1,15-23H2,(H,33,37)(H,38,39). The van der Waals surface area contributed by atoms with Crippen LogP contribution in [-0.2, 0) is 0 Å². The maximum absolute atomic E-state index is 13.7. The fourth-order valence-electron chi connectivity index (χ4n) is 5.39. The number of nitrogens with zero attached hydrogens (tertiary/aromatic N) is 3. The van der Waals surface area contributed by atoms with Crippen molar-refractivity contribution in [3.63, 3.8) is 0 Å². The summed E-state index contributed by atoms with van der Waals surface area (Å²) in [5.74, 6) is 1.25. The molecular weight excluding hydrogens is 520 g/mol. The number of piperazine rings is 1. The number of benzene rings is 3. The number of amides is 3. The third kappa shape index (κ3) is 7.18. The predicted molar refractivity (Wildman–Crippen MR) is 158 cm³/mol. The number of rotatable bonds is 10. The first-order valence-corrected chi connectivity index (χ1v) is 13.9. The van der Waals surface area contributed by atoms with Crippen LogP contribution in [-0.4, -0.2) is 84.5 Å². The van der Waals surface area contributed by atoms with Gasteiger partial charge in [0.1, 0.15) is 0 Å². The molecule has 5 rings (SSSR count). The molecule has 0 saturated carbocycles. The maximum atomic E-state index is 13.7. The van der Waals surface area contributed by atoms with Crippen LogP contribution in [0.4, 0.5) is 15.3 Å². The van der Waals surface area contributed by atoms with E-state index in [4.69, 9.17) is 9.47 Å². The van der Waals surface area contributed by atoms with Gasteiger partial charge in [-0.05, 0) is 35.3 Å². The number of anilines is 1. The molecule has 1 fully saturated rings. The third-order valence-electron chi connectivity index (χ3n) is 7.52. The zero-order valence-corrected chi connectivity index (χ0v) is 23.1. The number of nitrogens with one attached hydrogen (secondary N) is 1. The minimum atomic E-state index is -0.889. The van der Waals surface area contributed by atoms with Crippen LogP contribution in [0.15, 0.2) is 91.0 Å². The van der Waals surface area contributed by atoms with Crippen molar-refractivity contribution in [2.75, 3.05) is 57.9 Å². The summed E-state index contributed by atoms with van der Waals surface area (Å²) < 4.78 is 11.1. The lowest BCUT2D eigenvalue weighted by Crippen LogP contribution is -2.49. The molecule has 2 aliphatic heterocycles. The summed E-state index contributed by atoms with van der Waals surface area (Å²) in [5, 5.41) is 12.3. The SMILES string of the molecule is C=C(CN1CCN(C(=O)O)CC1)CN(CCC(c1ccccc1)c1ccccc1)C(=O)Nc1cccc2c1OCO2. The first-order chi connectivity index (χ1) is 20.0. The fraction of sp³-hybridized carbons (Fsp3) is 0.312. The van der Waals surface area contributed by atoms with Gasteiger partial charge in [0.25, 0.3) is 0 Å². The van der Waals surface area contributed by atoms with Crippen LogP contribution >= 0.6 is 0 Å². The molecule has 214 valence electrons. The van der Waals surface area contributed by atoms with E-state index < -0.39 is 6.09 Å². The Hall–Kier alpha value is -4.50. The fourth-order valence-corrected chi connectivity index (χ4v) is 5.39. The molecule has 0 unspecified atom stereocenters. The number of hydrogen-bond donors (Lipinski definition) is 2. The zero-order valence-electron chi connectivity index (χ0n) is 23.1. The lowest BCUT2D eigenvalue weighted by Gasteiger charge is -2.34. The predicted octanol–water partition coefficient (Wildman–Crippen LogP) is 5.32. The molecule has 0 bridgehead atoms. The summed E-state index contributed by atoms with van der Waals surface area (Å²) in [6.45, 7) is 8.07. The number of hydrogen-bond acceptors (Lipinski definition) is 5. The van der Waals surface area contributed by atoms with E-state index in [9.17, 15) is 14.7 Å². The number of para-hydroxylation sites is 1. The van der Waals surface area contributed by atoms with Gasteiger partial charge in [-0.25, -0.2) is 9.59 Å². The molecule has 9 nitrogen and oxygen atoms in total. The lowest BCUT2D eigenvalue weighted by atomic mass is 9.88. The largest absolute Gasteiger partial charge is 0.465 e. The average Bonchev–Trinajstić information content (AvgIpc) is 3.48. The first kappa shape index (κ1) is 28.0. The summed E-state index contributed by atoms with van der Waals surface area (Å²) in [6, 6.07) is 25.9. The molecule has 41 heavy (non-hydrogen) atoms. The lowest BCUT2D eigenvalue weighted by molar-refractivity contribution is 0.108. The minimum Gasteiger partial charge on any atom is -0.465 e. The Bertz CT molecular complexity index is 1300. The van der Waals surface area contributed by atoms with Gasteiger partial charge in [-0.3, -0.25) is 4.90 Å². The number of carboxylic acid groups (broad SMARTS) is 1. The van der Waals surface area contributed by atoms with E-state index in [2.05, 4.69) is 41.1 Å². The van der Waals surface area contributed by atoms with Gasteiger partial charge >= 0.3 is 12.1 Å². The minimum absolute atomic E-state index is 0.114. The summed E-state index contributed by atoms with van der Waals surface area (Å²) in [6.07, 6.45) is -0.169. The molecule has 3 aromatic rings. The topological polar surface area (TPSA) is 94.6 Å². The van der Waals surface area contributed by atoms with Crippen molar-refractivity contribution < 1.29 is 24.2 Å². The third-order valence-corrected chi connectivity index (χ3v) is 7.52. The van der Waals surface area contributed by atoms with E-state index in [0.29, 0.717) is 63.0 Å². The highest BCUT2D eigenvalue weighted by atomic mass is 16.7. The molecule has 0 spiro atoms. The summed E-state index contributed by atoms with van der Waals surface area (Å²) >= 11 is 0. The van der Waals surface area contributed by atoms with Gasteiger partial charge in [-0.15, -0.1) is 0 Å². The second-order valence-corrected chi connectivity index (χ2v) is 10.3. The summed E-state index contributed by atoms with van der Waals surface area (Å²) in [4.78, 5) is 30.4. The average molecular weight is 557 g/mol. The van der Waals surface area contributed by atoms with Crippen LogP contribution in [0.5, 0.6) is 11.5 Å². The number of carbonyl (C=O) groups excluding carboxylic acids is 1. The monoisotopic (exact) mass is 556 g/mol. The molecule has 2 aliphatic rings. The van der Waals surface area contributed by atoms with Gasteiger partial charge in [0, 0.05) is 51.7 Å². The van der Waals surface area contributed by atoms with Crippen LogP contribution < -0.4 is 14.8 Å². The number of fused-ring (bicyclic) bond motifs is 1.